The summed E-state index contributed by atoms with van der Waals surface area (Å²) in [5, 5.41) is 15.6. The van der Waals surface area contributed by atoms with Crippen LogP contribution in [0.5, 0.6) is 0 Å². The molecular weight excluding hydrogens is 438 g/mol. The molecule has 4 nitrogen and oxygen atoms in total. The molecule has 1 aliphatic rings. The van der Waals surface area contributed by atoms with Gasteiger partial charge in [-0.2, -0.15) is 5.26 Å². The maximum absolute atomic E-state index is 12.7. The van der Waals surface area contributed by atoms with Crippen LogP contribution in [-0.4, -0.2) is 12.5 Å². The maximum atomic E-state index is 12.7. The lowest BCUT2D eigenvalue weighted by molar-refractivity contribution is -0.117. The molecule has 0 aliphatic heterocycles. The molecule has 0 bridgehead atoms. The summed E-state index contributed by atoms with van der Waals surface area (Å²) in [7, 11) is 0. The summed E-state index contributed by atoms with van der Waals surface area (Å²) in [6.45, 7) is 2.71. The van der Waals surface area contributed by atoms with E-state index in [0.29, 0.717) is 6.54 Å². The van der Waals surface area contributed by atoms with E-state index < -0.39 is 0 Å². The zero-order chi connectivity index (χ0) is 21.3. The first-order chi connectivity index (χ1) is 14.6. The SMILES string of the molecule is CCC(NC(=O)/C(C#N)=C\NCCc1ccc(Br)cc1)c1ccc2c(c1)CCCC2. The number of carbonyl (C=O) groups is 1. The Morgan fingerprint density at radius 2 is 1.90 bits per heavy atom. The topological polar surface area (TPSA) is 64.9 Å². The molecule has 3 rings (SSSR count). The second kappa shape index (κ2) is 11.0. The van der Waals surface area contributed by atoms with Crippen LogP contribution in [0.15, 0.2) is 58.7 Å². The highest BCUT2D eigenvalue weighted by atomic mass is 79.9. The molecule has 0 radical (unpaired) electrons. The Bertz CT molecular complexity index is 944. The molecule has 0 saturated carbocycles. The van der Waals surface area contributed by atoms with Gasteiger partial charge in [-0.15, -0.1) is 0 Å². The fraction of sp³-hybridized carbons (Fsp3) is 0.360. The van der Waals surface area contributed by atoms with Gasteiger partial charge < -0.3 is 10.6 Å². The van der Waals surface area contributed by atoms with Crippen LogP contribution in [0.2, 0.25) is 0 Å². The lowest BCUT2D eigenvalue weighted by Crippen LogP contribution is -2.30. The third-order valence-corrected chi connectivity index (χ3v) is 6.10. The molecular formula is C25H28BrN3O. The lowest BCUT2D eigenvalue weighted by atomic mass is 9.88. The van der Waals surface area contributed by atoms with Crippen molar-refractivity contribution in [3.05, 3.63) is 81.0 Å². The van der Waals surface area contributed by atoms with Crippen molar-refractivity contribution in [2.24, 2.45) is 0 Å². The van der Waals surface area contributed by atoms with Gasteiger partial charge in [-0.3, -0.25) is 4.79 Å². The number of nitrogens with one attached hydrogen (secondary N) is 2. The molecule has 0 heterocycles. The molecule has 1 atom stereocenters. The van der Waals surface area contributed by atoms with Gasteiger partial charge in [-0.25, -0.2) is 0 Å². The van der Waals surface area contributed by atoms with Crippen LogP contribution in [0.3, 0.4) is 0 Å². The molecule has 30 heavy (non-hydrogen) atoms. The van der Waals surface area contributed by atoms with E-state index >= 15 is 0 Å². The van der Waals surface area contributed by atoms with Crippen LogP contribution in [0.1, 0.15) is 54.5 Å². The number of carbonyl (C=O) groups excluding carboxylic acids is 1. The fourth-order valence-electron chi connectivity index (χ4n) is 3.82. The van der Waals surface area contributed by atoms with Crippen LogP contribution >= 0.6 is 15.9 Å². The van der Waals surface area contributed by atoms with Crippen molar-refractivity contribution >= 4 is 21.8 Å². The Hall–Kier alpha value is -2.58. The van der Waals surface area contributed by atoms with Gasteiger partial charge in [0.05, 0.1) is 6.04 Å². The lowest BCUT2D eigenvalue weighted by Gasteiger charge is -2.21. The number of nitrogens with zero attached hydrogens (tertiary/aromatic N) is 1. The minimum Gasteiger partial charge on any atom is -0.389 e. The first-order valence-corrected chi connectivity index (χ1v) is 11.4. The second-order valence-corrected chi connectivity index (χ2v) is 8.59. The van der Waals surface area contributed by atoms with E-state index in [1.165, 1.54) is 35.7 Å². The number of aryl methyl sites for hydroxylation is 2. The first kappa shape index (κ1) is 22.1. The van der Waals surface area contributed by atoms with E-state index in [1.807, 2.05) is 18.2 Å². The Morgan fingerprint density at radius 3 is 2.60 bits per heavy atom. The molecule has 0 spiro atoms. The molecule has 2 aromatic carbocycles. The molecule has 0 aromatic heterocycles. The van der Waals surface area contributed by atoms with Gasteiger partial charge in [0.15, 0.2) is 0 Å². The summed E-state index contributed by atoms with van der Waals surface area (Å²) in [6.07, 6.45) is 7.86. The summed E-state index contributed by atoms with van der Waals surface area (Å²) < 4.78 is 1.05. The Balaban J connectivity index is 1.58. The standard InChI is InChI=1S/C25H28BrN3O/c1-2-24(21-10-9-19-5-3-4-6-20(19)15-21)29-25(30)22(16-27)17-28-14-13-18-7-11-23(26)12-8-18/h7-12,15,17,24,28H,2-6,13-14H2,1H3,(H,29,30)/b22-17-. The predicted octanol–water partition coefficient (Wildman–Crippen LogP) is 5.13. The summed E-state index contributed by atoms with van der Waals surface area (Å²) in [5.74, 6) is -0.335. The highest BCUT2D eigenvalue weighted by Crippen LogP contribution is 2.26. The van der Waals surface area contributed by atoms with Gasteiger partial charge in [0.2, 0.25) is 0 Å². The summed E-state index contributed by atoms with van der Waals surface area (Å²) >= 11 is 3.43. The van der Waals surface area contributed by atoms with Crippen molar-refractivity contribution in [1.82, 2.24) is 10.6 Å². The minimum absolute atomic E-state index is 0.0933. The zero-order valence-corrected chi connectivity index (χ0v) is 19.0. The average molecular weight is 466 g/mol. The predicted molar refractivity (Wildman–Crippen MR) is 124 cm³/mol. The number of fused-ring (bicyclic) bond motifs is 1. The smallest absolute Gasteiger partial charge is 0.263 e. The molecule has 2 N–H and O–H groups in total. The number of halogens is 1. The van der Waals surface area contributed by atoms with Crippen molar-refractivity contribution in [2.75, 3.05) is 6.54 Å². The number of hydrogen-bond donors (Lipinski definition) is 2. The van der Waals surface area contributed by atoms with Gasteiger partial charge in [0.1, 0.15) is 11.6 Å². The van der Waals surface area contributed by atoms with Crippen LogP contribution in [0.25, 0.3) is 0 Å². The maximum Gasteiger partial charge on any atom is 0.263 e. The van der Waals surface area contributed by atoms with Gasteiger partial charge in [-0.1, -0.05) is 53.2 Å². The molecule has 1 unspecified atom stereocenters. The van der Waals surface area contributed by atoms with Gasteiger partial charge >= 0.3 is 0 Å². The molecule has 0 fully saturated rings. The third-order valence-electron chi connectivity index (χ3n) is 5.57. The molecule has 5 heteroatoms. The summed E-state index contributed by atoms with van der Waals surface area (Å²) in [5.41, 5.74) is 5.24. The summed E-state index contributed by atoms with van der Waals surface area (Å²) in [6, 6.07) is 16.6. The van der Waals surface area contributed by atoms with Crippen LogP contribution in [0, 0.1) is 11.3 Å². The fourth-order valence-corrected chi connectivity index (χ4v) is 4.08. The number of benzene rings is 2. The number of nitriles is 1. The molecule has 1 aliphatic carbocycles. The van der Waals surface area contributed by atoms with Gasteiger partial charge in [0.25, 0.3) is 5.91 Å². The number of rotatable bonds is 8. The van der Waals surface area contributed by atoms with Crippen LogP contribution in [0.4, 0.5) is 0 Å². The van der Waals surface area contributed by atoms with Crippen molar-refractivity contribution in [3.8, 4) is 6.07 Å². The average Bonchev–Trinajstić information content (AvgIpc) is 2.78. The van der Waals surface area contributed by atoms with Crippen LogP contribution in [-0.2, 0) is 24.1 Å². The normalized spacial score (nSPS) is 14.4. The van der Waals surface area contributed by atoms with Gasteiger partial charge in [-0.05, 0) is 72.9 Å². The van der Waals surface area contributed by atoms with Crippen LogP contribution < -0.4 is 10.6 Å². The third kappa shape index (κ3) is 5.96. The number of hydrogen-bond acceptors (Lipinski definition) is 3. The van der Waals surface area contributed by atoms with E-state index in [4.69, 9.17) is 0 Å². The molecule has 156 valence electrons. The van der Waals surface area contributed by atoms with E-state index in [-0.39, 0.29) is 17.5 Å². The number of amides is 1. The molecule has 0 saturated heterocycles. The van der Waals surface area contributed by atoms with Crippen molar-refractivity contribution in [2.45, 2.75) is 51.5 Å². The van der Waals surface area contributed by atoms with E-state index in [9.17, 15) is 10.1 Å². The minimum atomic E-state index is -0.335. The highest BCUT2D eigenvalue weighted by Gasteiger charge is 2.18. The molecule has 1 amide bonds. The van der Waals surface area contributed by atoms with E-state index in [1.54, 1.807) is 0 Å². The zero-order valence-electron chi connectivity index (χ0n) is 17.4. The van der Waals surface area contributed by atoms with Crippen molar-refractivity contribution < 1.29 is 4.79 Å². The molecule has 2 aromatic rings. The van der Waals surface area contributed by atoms with Crippen molar-refractivity contribution in [3.63, 3.8) is 0 Å². The second-order valence-electron chi connectivity index (χ2n) is 7.67. The quantitative estimate of drug-likeness (QED) is 0.322. The largest absolute Gasteiger partial charge is 0.389 e. The summed E-state index contributed by atoms with van der Waals surface area (Å²) in [4.78, 5) is 12.7. The Kier molecular flexibility index (Phi) is 8.10. The van der Waals surface area contributed by atoms with E-state index in [0.717, 1.165) is 35.7 Å². The van der Waals surface area contributed by atoms with Crippen molar-refractivity contribution in [1.29, 1.82) is 5.26 Å². The Labute approximate surface area is 187 Å². The first-order valence-electron chi connectivity index (χ1n) is 10.6. The monoisotopic (exact) mass is 465 g/mol. The van der Waals surface area contributed by atoms with E-state index in [2.05, 4.69) is 63.8 Å². The Morgan fingerprint density at radius 1 is 1.17 bits per heavy atom. The van der Waals surface area contributed by atoms with Gasteiger partial charge in [0, 0.05) is 17.2 Å². The highest BCUT2D eigenvalue weighted by molar-refractivity contribution is 9.10.